The molecule has 0 aromatic rings. The molecule has 0 saturated heterocycles. The normalized spacial score (nSPS) is 14.7. The predicted molar refractivity (Wildman–Crippen MR) is 40.0 cm³/mol. The first-order valence-corrected chi connectivity index (χ1v) is 3.69. The molecule has 0 aromatic carbocycles. The Morgan fingerprint density at radius 1 is 1.60 bits per heavy atom. The van der Waals surface area contributed by atoms with Crippen LogP contribution in [-0.4, -0.2) is 0 Å². The molecule has 0 atom stereocenters. The Labute approximate surface area is 82.2 Å². The fourth-order valence-electron chi connectivity index (χ4n) is 0.989. The monoisotopic (exact) mass is 301 g/mol. The fourth-order valence-corrected chi connectivity index (χ4v) is 0.989. The van der Waals surface area contributed by atoms with Crippen LogP contribution in [0.25, 0.3) is 0 Å². The van der Waals surface area contributed by atoms with Crippen molar-refractivity contribution in [3.05, 3.63) is 23.8 Å². The van der Waals surface area contributed by atoms with Gasteiger partial charge in [0.05, 0.1) is 0 Å². The van der Waals surface area contributed by atoms with Crippen molar-refractivity contribution >= 4 is 0 Å². The molecule has 0 heterocycles. The molecule has 0 amide bonds. The molecular formula is C9H13Hf-. The molecule has 0 N–H and O–H groups in total. The minimum atomic E-state index is 0. The first-order valence-electron chi connectivity index (χ1n) is 3.69. The zero-order chi connectivity index (χ0) is 6.53. The average molecular weight is 300 g/mol. The Balaban J connectivity index is 0.000000810. The van der Waals surface area contributed by atoms with E-state index >= 15 is 0 Å². The van der Waals surface area contributed by atoms with Crippen molar-refractivity contribution in [2.75, 3.05) is 0 Å². The van der Waals surface area contributed by atoms with Crippen LogP contribution in [0.15, 0.2) is 17.7 Å². The van der Waals surface area contributed by atoms with Gasteiger partial charge < -0.3 is 0 Å². The van der Waals surface area contributed by atoms with E-state index in [4.69, 9.17) is 0 Å². The molecule has 0 aliphatic heterocycles. The van der Waals surface area contributed by atoms with Gasteiger partial charge in [0.2, 0.25) is 0 Å². The SMILES string of the molecule is CCCCC1=[C-]CC=C1.[Hf]. The van der Waals surface area contributed by atoms with E-state index in [1.807, 2.05) is 0 Å². The Morgan fingerprint density at radius 2 is 2.40 bits per heavy atom. The predicted octanol–water partition coefficient (Wildman–Crippen LogP) is 2.86. The summed E-state index contributed by atoms with van der Waals surface area (Å²) in [4.78, 5) is 0. The number of allylic oxidation sites excluding steroid dienone is 4. The summed E-state index contributed by atoms with van der Waals surface area (Å²) in [6.07, 6.45) is 12.5. The van der Waals surface area contributed by atoms with Gasteiger partial charge in [-0.25, -0.2) is 11.6 Å². The Kier molecular flexibility index (Phi) is 6.30. The van der Waals surface area contributed by atoms with Crippen molar-refractivity contribution in [1.82, 2.24) is 0 Å². The van der Waals surface area contributed by atoms with Crippen LogP contribution in [0, 0.1) is 6.08 Å². The van der Waals surface area contributed by atoms with Crippen LogP contribution >= 0.6 is 0 Å². The van der Waals surface area contributed by atoms with Crippen LogP contribution in [0.5, 0.6) is 0 Å². The van der Waals surface area contributed by atoms with Gasteiger partial charge in [0.1, 0.15) is 0 Å². The summed E-state index contributed by atoms with van der Waals surface area (Å²) in [6.45, 7) is 2.22. The van der Waals surface area contributed by atoms with Crippen LogP contribution in [0.3, 0.4) is 0 Å². The maximum atomic E-state index is 3.30. The molecule has 0 unspecified atom stereocenters. The molecule has 0 nitrogen and oxygen atoms in total. The van der Waals surface area contributed by atoms with E-state index in [0.29, 0.717) is 0 Å². The van der Waals surface area contributed by atoms with Crippen LogP contribution in [0.4, 0.5) is 0 Å². The number of unbranched alkanes of at least 4 members (excludes halogenated alkanes) is 1. The maximum Gasteiger partial charge on any atom is 0 e. The van der Waals surface area contributed by atoms with Crippen LogP contribution in [0.1, 0.15) is 32.6 Å². The van der Waals surface area contributed by atoms with E-state index < -0.39 is 0 Å². The number of hydrogen-bond acceptors (Lipinski definition) is 0. The molecule has 0 fully saturated rings. The molecule has 0 radical (unpaired) electrons. The van der Waals surface area contributed by atoms with Gasteiger partial charge in [0, 0.05) is 25.8 Å². The van der Waals surface area contributed by atoms with Gasteiger partial charge in [-0.1, -0.05) is 26.2 Å². The third-order valence-corrected chi connectivity index (χ3v) is 1.57. The molecule has 1 aliphatic rings. The Hall–Kier alpha value is 0.350. The third kappa shape index (κ3) is 3.50. The second-order valence-electron chi connectivity index (χ2n) is 2.41. The molecule has 0 aromatic heterocycles. The molecule has 1 aliphatic carbocycles. The summed E-state index contributed by atoms with van der Waals surface area (Å²) < 4.78 is 0. The minimum Gasteiger partial charge on any atom is -0.269 e. The van der Waals surface area contributed by atoms with E-state index in [0.717, 1.165) is 6.42 Å². The number of rotatable bonds is 3. The van der Waals surface area contributed by atoms with Gasteiger partial charge in [-0.15, -0.1) is 6.42 Å². The van der Waals surface area contributed by atoms with E-state index in [9.17, 15) is 0 Å². The second kappa shape index (κ2) is 6.09. The van der Waals surface area contributed by atoms with Crippen molar-refractivity contribution in [2.45, 2.75) is 32.6 Å². The van der Waals surface area contributed by atoms with Crippen molar-refractivity contribution in [3.8, 4) is 0 Å². The average Bonchev–Trinajstić information content (AvgIpc) is 2.34. The molecule has 0 spiro atoms. The van der Waals surface area contributed by atoms with Crippen molar-refractivity contribution in [3.63, 3.8) is 0 Å². The van der Waals surface area contributed by atoms with Gasteiger partial charge >= 0.3 is 0 Å². The quantitative estimate of drug-likeness (QED) is 0.555. The van der Waals surface area contributed by atoms with Gasteiger partial charge in [0.15, 0.2) is 0 Å². The van der Waals surface area contributed by atoms with Gasteiger partial charge in [0.25, 0.3) is 0 Å². The van der Waals surface area contributed by atoms with Gasteiger partial charge in [-0.3, -0.25) is 6.08 Å². The molecule has 0 bridgehead atoms. The minimum absolute atomic E-state index is 0. The molecule has 1 heteroatoms. The van der Waals surface area contributed by atoms with Crippen molar-refractivity contribution in [2.24, 2.45) is 0 Å². The molecule has 1 rings (SSSR count). The van der Waals surface area contributed by atoms with Gasteiger partial charge in [-0.05, 0) is 0 Å². The standard InChI is InChI=1S/C9H13.Hf/c1-2-3-6-9-7-4-5-8-9;/h4,7H,2-3,5-6H2,1H3;/q-1;. The summed E-state index contributed by atoms with van der Waals surface area (Å²) in [5.41, 5.74) is 1.41. The molecule has 54 valence electrons. The van der Waals surface area contributed by atoms with Crippen molar-refractivity contribution < 1.29 is 25.8 Å². The summed E-state index contributed by atoms with van der Waals surface area (Å²) in [5, 5.41) is 0. The fraction of sp³-hybridized carbons (Fsp3) is 0.556. The number of hydrogen-bond donors (Lipinski definition) is 0. The zero-order valence-electron chi connectivity index (χ0n) is 6.48. The molecule has 10 heavy (non-hydrogen) atoms. The topological polar surface area (TPSA) is 0 Å². The van der Waals surface area contributed by atoms with Crippen LogP contribution in [-0.2, 0) is 25.8 Å². The Bertz CT molecular complexity index is 134. The summed E-state index contributed by atoms with van der Waals surface area (Å²) in [7, 11) is 0. The van der Waals surface area contributed by atoms with E-state index in [1.165, 1.54) is 24.8 Å². The zero-order valence-corrected chi connectivity index (χ0v) is 10.1. The maximum absolute atomic E-state index is 3.30. The van der Waals surface area contributed by atoms with Gasteiger partial charge in [-0.2, -0.15) is 6.08 Å². The Morgan fingerprint density at radius 3 is 2.90 bits per heavy atom. The third-order valence-electron chi connectivity index (χ3n) is 1.57. The van der Waals surface area contributed by atoms with Crippen molar-refractivity contribution in [1.29, 1.82) is 0 Å². The first kappa shape index (κ1) is 10.4. The smallest absolute Gasteiger partial charge is 0 e. The second-order valence-corrected chi connectivity index (χ2v) is 2.41. The summed E-state index contributed by atoms with van der Waals surface area (Å²) >= 11 is 0. The summed E-state index contributed by atoms with van der Waals surface area (Å²) in [5.74, 6) is 0. The van der Waals surface area contributed by atoms with Crippen LogP contribution in [0.2, 0.25) is 0 Å². The largest absolute Gasteiger partial charge is 0.269 e. The van der Waals surface area contributed by atoms with Crippen LogP contribution < -0.4 is 0 Å². The van der Waals surface area contributed by atoms with E-state index in [2.05, 4.69) is 25.2 Å². The van der Waals surface area contributed by atoms with E-state index in [1.54, 1.807) is 0 Å². The summed E-state index contributed by atoms with van der Waals surface area (Å²) in [6, 6.07) is 0. The molecule has 0 saturated carbocycles. The first-order chi connectivity index (χ1) is 4.43. The van der Waals surface area contributed by atoms with E-state index in [-0.39, 0.29) is 25.8 Å². The molecular weight excluding hydrogens is 287 g/mol.